The van der Waals surface area contributed by atoms with Gasteiger partial charge in [0.1, 0.15) is 6.54 Å². The van der Waals surface area contributed by atoms with E-state index in [0.717, 1.165) is 4.90 Å². The first-order valence-electron chi connectivity index (χ1n) is 7.84. The van der Waals surface area contributed by atoms with Crippen molar-refractivity contribution in [3.63, 3.8) is 0 Å². The number of fused-ring (bicyclic) bond motifs is 3. The van der Waals surface area contributed by atoms with E-state index in [9.17, 15) is 4.79 Å². The molecule has 1 heterocycles. The molecule has 124 valence electrons. The molecule has 0 saturated carbocycles. The number of benzene rings is 3. The SMILES string of the molecule is O=C(O)CNSc1ccc2c(c1)sc1cc(-c3ccccc3)ccc12. The Balaban J connectivity index is 1.69. The summed E-state index contributed by atoms with van der Waals surface area (Å²) in [5, 5.41) is 11.2. The van der Waals surface area contributed by atoms with Gasteiger partial charge in [0.05, 0.1) is 0 Å². The maximum absolute atomic E-state index is 10.6. The van der Waals surface area contributed by atoms with Gasteiger partial charge in [-0.1, -0.05) is 48.5 Å². The first-order valence-corrected chi connectivity index (χ1v) is 9.47. The molecule has 0 bridgehead atoms. The average molecular weight is 365 g/mol. The average Bonchev–Trinajstić information content (AvgIpc) is 2.99. The Hall–Kier alpha value is -2.34. The van der Waals surface area contributed by atoms with E-state index in [4.69, 9.17) is 5.11 Å². The summed E-state index contributed by atoms with van der Waals surface area (Å²) in [5.74, 6) is -0.858. The quantitative estimate of drug-likeness (QED) is 0.465. The molecule has 0 atom stereocenters. The molecule has 0 spiro atoms. The number of carbonyl (C=O) groups is 1. The lowest BCUT2D eigenvalue weighted by Crippen LogP contribution is -2.15. The van der Waals surface area contributed by atoms with Gasteiger partial charge in [-0.3, -0.25) is 4.79 Å². The molecule has 3 aromatic carbocycles. The van der Waals surface area contributed by atoms with Crippen molar-refractivity contribution < 1.29 is 9.90 Å². The van der Waals surface area contributed by atoms with Gasteiger partial charge in [0.15, 0.2) is 0 Å². The number of hydrogen-bond donors (Lipinski definition) is 2. The van der Waals surface area contributed by atoms with E-state index >= 15 is 0 Å². The predicted octanol–water partition coefficient (Wildman–Crippen LogP) is 5.40. The van der Waals surface area contributed by atoms with Gasteiger partial charge in [-0.2, -0.15) is 0 Å². The Kier molecular flexibility index (Phi) is 4.44. The highest BCUT2D eigenvalue weighted by atomic mass is 32.2. The lowest BCUT2D eigenvalue weighted by molar-refractivity contribution is -0.135. The van der Waals surface area contributed by atoms with Gasteiger partial charge in [0.25, 0.3) is 0 Å². The van der Waals surface area contributed by atoms with E-state index in [-0.39, 0.29) is 6.54 Å². The Morgan fingerprint density at radius 3 is 2.40 bits per heavy atom. The lowest BCUT2D eigenvalue weighted by atomic mass is 10.0. The van der Waals surface area contributed by atoms with Crippen LogP contribution in [0.2, 0.25) is 0 Å². The van der Waals surface area contributed by atoms with Crippen molar-refractivity contribution in [3.05, 3.63) is 66.7 Å². The molecular formula is C20H15NO2S2. The van der Waals surface area contributed by atoms with Crippen LogP contribution in [-0.2, 0) is 4.79 Å². The normalized spacial score (nSPS) is 11.2. The largest absolute Gasteiger partial charge is 0.480 e. The van der Waals surface area contributed by atoms with Crippen molar-refractivity contribution in [2.24, 2.45) is 0 Å². The van der Waals surface area contributed by atoms with Crippen LogP contribution in [0.15, 0.2) is 71.6 Å². The van der Waals surface area contributed by atoms with Crippen LogP contribution < -0.4 is 4.72 Å². The van der Waals surface area contributed by atoms with Gasteiger partial charge >= 0.3 is 5.97 Å². The van der Waals surface area contributed by atoms with Gasteiger partial charge in [-0.25, -0.2) is 4.72 Å². The van der Waals surface area contributed by atoms with Crippen molar-refractivity contribution in [1.82, 2.24) is 4.72 Å². The Morgan fingerprint density at radius 2 is 1.64 bits per heavy atom. The summed E-state index contributed by atoms with van der Waals surface area (Å²) in [5.41, 5.74) is 2.44. The molecule has 2 N–H and O–H groups in total. The van der Waals surface area contributed by atoms with Gasteiger partial charge in [-0.05, 0) is 41.3 Å². The smallest absolute Gasteiger partial charge is 0.318 e. The fourth-order valence-corrected chi connectivity index (χ4v) is 4.75. The van der Waals surface area contributed by atoms with E-state index in [0.29, 0.717) is 0 Å². The summed E-state index contributed by atoms with van der Waals surface area (Å²) in [6.07, 6.45) is 0. The van der Waals surface area contributed by atoms with E-state index in [1.165, 1.54) is 43.2 Å². The van der Waals surface area contributed by atoms with Crippen LogP contribution in [-0.4, -0.2) is 17.6 Å². The molecule has 0 amide bonds. The molecule has 0 aliphatic carbocycles. The van der Waals surface area contributed by atoms with E-state index in [1.807, 2.05) is 12.1 Å². The molecule has 5 heteroatoms. The third-order valence-electron chi connectivity index (χ3n) is 3.97. The monoisotopic (exact) mass is 365 g/mol. The number of carboxylic acid groups (broad SMARTS) is 1. The van der Waals surface area contributed by atoms with Crippen molar-refractivity contribution in [3.8, 4) is 11.1 Å². The topological polar surface area (TPSA) is 49.3 Å². The summed E-state index contributed by atoms with van der Waals surface area (Å²) in [4.78, 5) is 11.6. The molecular weight excluding hydrogens is 350 g/mol. The zero-order valence-electron chi connectivity index (χ0n) is 13.2. The Labute approximate surface area is 153 Å². The molecule has 0 aliphatic heterocycles. The molecule has 0 aliphatic rings. The molecule has 4 aromatic rings. The number of nitrogens with one attached hydrogen (secondary N) is 1. The van der Waals surface area contributed by atoms with Crippen LogP contribution in [0.3, 0.4) is 0 Å². The highest BCUT2D eigenvalue weighted by Crippen LogP contribution is 2.37. The summed E-state index contributed by atoms with van der Waals surface area (Å²) >= 11 is 3.12. The second-order valence-corrected chi connectivity index (χ2v) is 7.70. The highest BCUT2D eigenvalue weighted by Gasteiger charge is 2.08. The lowest BCUT2D eigenvalue weighted by Gasteiger charge is -2.02. The minimum Gasteiger partial charge on any atom is -0.480 e. The summed E-state index contributed by atoms with van der Waals surface area (Å²) in [7, 11) is 0. The number of carboxylic acids is 1. The van der Waals surface area contributed by atoms with Crippen molar-refractivity contribution >= 4 is 49.4 Å². The van der Waals surface area contributed by atoms with Crippen LogP contribution in [0.5, 0.6) is 0 Å². The zero-order chi connectivity index (χ0) is 17.2. The van der Waals surface area contributed by atoms with Gasteiger partial charge in [-0.15, -0.1) is 11.3 Å². The minimum atomic E-state index is -0.858. The zero-order valence-corrected chi connectivity index (χ0v) is 14.9. The molecule has 25 heavy (non-hydrogen) atoms. The molecule has 0 radical (unpaired) electrons. The van der Waals surface area contributed by atoms with Crippen LogP contribution in [0.1, 0.15) is 0 Å². The standard InChI is InChI=1S/C20H15NO2S2/c22-20(23)12-21-25-15-7-9-17-16-8-6-14(13-4-2-1-3-5-13)10-18(16)24-19(17)11-15/h1-11,21H,12H2,(H,22,23). The molecule has 4 rings (SSSR count). The maximum Gasteiger partial charge on any atom is 0.318 e. The summed E-state index contributed by atoms with van der Waals surface area (Å²) < 4.78 is 5.32. The molecule has 0 unspecified atom stereocenters. The van der Waals surface area contributed by atoms with Crippen LogP contribution in [0.4, 0.5) is 0 Å². The summed E-state index contributed by atoms with van der Waals surface area (Å²) in [6, 6.07) is 23.2. The molecule has 0 saturated heterocycles. The van der Waals surface area contributed by atoms with E-state index in [2.05, 4.69) is 59.3 Å². The van der Waals surface area contributed by atoms with E-state index < -0.39 is 5.97 Å². The maximum atomic E-state index is 10.6. The van der Waals surface area contributed by atoms with Crippen LogP contribution in [0, 0.1) is 0 Å². The van der Waals surface area contributed by atoms with Crippen molar-refractivity contribution in [1.29, 1.82) is 0 Å². The van der Waals surface area contributed by atoms with E-state index in [1.54, 1.807) is 11.3 Å². The Morgan fingerprint density at radius 1 is 0.920 bits per heavy atom. The van der Waals surface area contributed by atoms with Crippen molar-refractivity contribution in [2.75, 3.05) is 6.54 Å². The number of aliphatic carboxylic acids is 1. The van der Waals surface area contributed by atoms with Gasteiger partial charge in [0, 0.05) is 25.1 Å². The second kappa shape index (κ2) is 6.88. The number of hydrogen-bond acceptors (Lipinski definition) is 4. The van der Waals surface area contributed by atoms with Crippen LogP contribution in [0.25, 0.3) is 31.3 Å². The molecule has 1 aromatic heterocycles. The van der Waals surface area contributed by atoms with Crippen LogP contribution >= 0.6 is 23.3 Å². The predicted molar refractivity (Wildman–Crippen MR) is 106 cm³/mol. The second-order valence-electron chi connectivity index (χ2n) is 5.65. The van der Waals surface area contributed by atoms with Crippen molar-refractivity contribution in [2.45, 2.75) is 4.90 Å². The first kappa shape index (κ1) is 16.1. The van der Waals surface area contributed by atoms with Gasteiger partial charge in [0.2, 0.25) is 0 Å². The minimum absolute atomic E-state index is 0.0600. The number of rotatable bonds is 5. The molecule has 0 fully saturated rings. The molecule has 3 nitrogen and oxygen atoms in total. The fourth-order valence-electron chi connectivity index (χ4n) is 2.81. The third kappa shape index (κ3) is 3.39. The third-order valence-corrected chi connectivity index (χ3v) is 5.86. The highest BCUT2D eigenvalue weighted by molar-refractivity contribution is 7.97. The van der Waals surface area contributed by atoms with Gasteiger partial charge < -0.3 is 5.11 Å². The Bertz CT molecular complexity index is 1060. The summed E-state index contributed by atoms with van der Waals surface area (Å²) in [6.45, 7) is -0.0600. The fraction of sp³-hybridized carbons (Fsp3) is 0.0500. The number of thiophene rings is 1. The first-order chi connectivity index (χ1) is 12.2.